The van der Waals surface area contributed by atoms with Crippen molar-refractivity contribution >= 4 is 33.7 Å². The molecule has 0 saturated heterocycles. The van der Waals surface area contributed by atoms with Gasteiger partial charge in [0.05, 0.1) is 0 Å². The number of nitrogens with zero attached hydrogens (tertiary/aromatic N) is 2. The molecular weight excluding hydrogens is 322 g/mol. The molecule has 23 heavy (non-hydrogen) atoms. The van der Waals surface area contributed by atoms with E-state index in [9.17, 15) is 0 Å². The monoisotopic (exact) mass is 341 g/mol. The van der Waals surface area contributed by atoms with Crippen molar-refractivity contribution < 1.29 is 0 Å². The molecule has 1 aromatic carbocycles. The standard InChI is InChI=1S/C16H13N3S2.C2H6/c1-9-3-7-13(20-9)11-5-6-12(14-8-4-10(2)21-14)16-15(11)17-19-18-16;1-2/h3-8H,1-2H3,(H,17,18,19);1-2H3. The lowest BCUT2D eigenvalue weighted by atomic mass is 10.1. The zero-order valence-electron chi connectivity index (χ0n) is 13.7. The minimum atomic E-state index is 0.945. The second-order valence-corrected chi connectivity index (χ2v) is 7.58. The number of hydrogen-bond donors (Lipinski definition) is 1. The zero-order chi connectivity index (χ0) is 16.4. The Bertz CT molecular complexity index is 856. The second-order valence-electron chi connectivity index (χ2n) is 5.00. The summed E-state index contributed by atoms with van der Waals surface area (Å²) in [4.78, 5) is 5.08. The highest BCUT2D eigenvalue weighted by Crippen LogP contribution is 2.38. The Morgan fingerprint density at radius 2 is 1.13 bits per heavy atom. The molecule has 3 nitrogen and oxygen atoms in total. The Morgan fingerprint density at radius 3 is 1.48 bits per heavy atom. The van der Waals surface area contributed by atoms with Crippen molar-refractivity contribution in [3.63, 3.8) is 0 Å². The van der Waals surface area contributed by atoms with E-state index in [1.807, 2.05) is 13.8 Å². The van der Waals surface area contributed by atoms with E-state index in [1.54, 1.807) is 22.7 Å². The first-order chi connectivity index (χ1) is 11.2. The molecule has 0 aliphatic rings. The third-order valence-electron chi connectivity index (χ3n) is 3.49. The molecular formula is C18H19N3S2. The molecule has 5 heteroatoms. The van der Waals surface area contributed by atoms with Gasteiger partial charge in [-0.15, -0.1) is 22.7 Å². The van der Waals surface area contributed by atoms with E-state index in [0.717, 1.165) is 22.2 Å². The van der Waals surface area contributed by atoms with Crippen molar-refractivity contribution in [1.82, 2.24) is 15.4 Å². The van der Waals surface area contributed by atoms with E-state index < -0.39 is 0 Å². The van der Waals surface area contributed by atoms with E-state index in [1.165, 1.54) is 19.5 Å². The van der Waals surface area contributed by atoms with Gasteiger partial charge in [0.2, 0.25) is 0 Å². The van der Waals surface area contributed by atoms with Crippen molar-refractivity contribution in [3.8, 4) is 20.9 Å². The lowest BCUT2D eigenvalue weighted by Gasteiger charge is -2.03. The number of hydrogen-bond acceptors (Lipinski definition) is 4. The molecule has 0 aliphatic carbocycles. The Hall–Kier alpha value is -1.98. The van der Waals surface area contributed by atoms with E-state index in [-0.39, 0.29) is 0 Å². The lowest BCUT2D eigenvalue weighted by Crippen LogP contribution is -1.81. The molecule has 0 aliphatic heterocycles. The maximum atomic E-state index is 4.37. The van der Waals surface area contributed by atoms with Gasteiger partial charge in [-0.25, -0.2) is 0 Å². The number of aromatic nitrogens is 3. The number of aryl methyl sites for hydroxylation is 2. The van der Waals surface area contributed by atoms with E-state index in [4.69, 9.17) is 0 Å². The molecule has 3 heterocycles. The minimum absolute atomic E-state index is 0.945. The van der Waals surface area contributed by atoms with Crippen LogP contribution >= 0.6 is 22.7 Å². The molecule has 0 fully saturated rings. The van der Waals surface area contributed by atoms with Gasteiger partial charge in [0.25, 0.3) is 0 Å². The second kappa shape index (κ2) is 6.64. The van der Waals surface area contributed by atoms with E-state index in [0.29, 0.717) is 0 Å². The molecule has 0 unspecified atom stereocenters. The molecule has 0 saturated carbocycles. The quantitative estimate of drug-likeness (QED) is 0.481. The van der Waals surface area contributed by atoms with Crippen LogP contribution in [0.15, 0.2) is 36.4 Å². The number of rotatable bonds is 2. The molecule has 4 aromatic rings. The molecule has 0 bridgehead atoms. The molecule has 1 N–H and O–H groups in total. The first-order valence-electron chi connectivity index (χ1n) is 7.69. The van der Waals surface area contributed by atoms with Crippen LogP contribution in [0.1, 0.15) is 23.6 Å². The molecule has 0 radical (unpaired) electrons. The summed E-state index contributed by atoms with van der Waals surface area (Å²) in [6.45, 7) is 8.24. The smallest absolute Gasteiger partial charge is 0.122 e. The fourth-order valence-corrected chi connectivity index (χ4v) is 4.27. The highest BCUT2D eigenvalue weighted by molar-refractivity contribution is 7.16. The van der Waals surface area contributed by atoms with Crippen molar-refractivity contribution in [2.75, 3.05) is 0 Å². The van der Waals surface area contributed by atoms with Gasteiger partial charge >= 0.3 is 0 Å². The van der Waals surface area contributed by atoms with Gasteiger partial charge in [0.1, 0.15) is 11.0 Å². The summed E-state index contributed by atoms with van der Waals surface area (Å²) in [5.41, 5.74) is 4.18. The summed E-state index contributed by atoms with van der Waals surface area (Å²) < 4.78 is 0. The predicted molar refractivity (Wildman–Crippen MR) is 101 cm³/mol. The summed E-state index contributed by atoms with van der Waals surface area (Å²) in [5.74, 6) is 0. The van der Waals surface area contributed by atoms with Gasteiger partial charge in [0.15, 0.2) is 0 Å². The zero-order valence-corrected chi connectivity index (χ0v) is 15.3. The third kappa shape index (κ3) is 2.94. The van der Waals surface area contributed by atoms with Crippen molar-refractivity contribution in [2.45, 2.75) is 27.7 Å². The van der Waals surface area contributed by atoms with Crippen LogP contribution in [-0.2, 0) is 0 Å². The van der Waals surface area contributed by atoms with Gasteiger partial charge < -0.3 is 0 Å². The summed E-state index contributed by atoms with van der Waals surface area (Å²) in [5, 5.41) is 11.5. The van der Waals surface area contributed by atoms with Crippen molar-refractivity contribution in [1.29, 1.82) is 0 Å². The molecule has 4 rings (SSSR count). The predicted octanol–water partition coefficient (Wildman–Crippen LogP) is 6.06. The molecule has 0 amide bonds. The summed E-state index contributed by atoms with van der Waals surface area (Å²) >= 11 is 3.57. The van der Waals surface area contributed by atoms with Gasteiger partial charge in [-0.3, -0.25) is 0 Å². The lowest BCUT2D eigenvalue weighted by molar-refractivity contribution is 0.960. The fraction of sp³-hybridized carbons (Fsp3) is 0.222. The Balaban J connectivity index is 0.000000753. The summed E-state index contributed by atoms with van der Waals surface area (Å²) in [6.07, 6.45) is 0. The number of nitrogens with one attached hydrogen (secondary N) is 1. The summed E-state index contributed by atoms with van der Waals surface area (Å²) in [7, 11) is 0. The van der Waals surface area contributed by atoms with Gasteiger partial charge in [-0.05, 0) is 38.1 Å². The van der Waals surface area contributed by atoms with Crippen LogP contribution in [0.3, 0.4) is 0 Å². The first kappa shape index (κ1) is 15.9. The van der Waals surface area contributed by atoms with Crippen LogP contribution in [0.25, 0.3) is 31.9 Å². The topological polar surface area (TPSA) is 41.6 Å². The number of fused-ring (bicyclic) bond motifs is 1. The third-order valence-corrected chi connectivity index (χ3v) is 5.55. The van der Waals surface area contributed by atoms with Crippen LogP contribution in [0.5, 0.6) is 0 Å². The van der Waals surface area contributed by atoms with E-state index >= 15 is 0 Å². The Morgan fingerprint density at radius 1 is 0.696 bits per heavy atom. The van der Waals surface area contributed by atoms with Crippen molar-refractivity contribution in [2.24, 2.45) is 0 Å². The van der Waals surface area contributed by atoms with Gasteiger partial charge in [-0.1, -0.05) is 26.0 Å². The highest BCUT2D eigenvalue weighted by Gasteiger charge is 2.14. The molecule has 0 atom stereocenters. The number of aromatic amines is 1. The number of H-pyrrole nitrogens is 1. The first-order valence-corrected chi connectivity index (χ1v) is 9.33. The maximum Gasteiger partial charge on any atom is 0.122 e. The van der Waals surface area contributed by atoms with Crippen LogP contribution < -0.4 is 0 Å². The molecule has 3 aromatic heterocycles. The number of thiophene rings is 2. The molecule has 118 valence electrons. The van der Waals surface area contributed by atoms with Crippen LogP contribution in [-0.4, -0.2) is 15.4 Å². The maximum absolute atomic E-state index is 4.37. The fourth-order valence-electron chi connectivity index (χ4n) is 2.49. The molecule has 0 spiro atoms. The minimum Gasteiger partial charge on any atom is -0.197 e. The summed E-state index contributed by atoms with van der Waals surface area (Å²) in [6, 6.07) is 12.9. The van der Waals surface area contributed by atoms with Crippen LogP contribution in [0.4, 0.5) is 0 Å². The van der Waals surface area contributed by atoms with Crippen LogP contribution in [0.2, 0.25) is 0 Å². The van der Waals surface area contributed by atoms with Crippen LogP contribution in [0, 0.1) is 13.8 Å². The number of benzene rings is 1. The largest absolute Gasteiger partial charge is 0.197 e. The average molecular weight is 342 g/mol. The van der Waals surface area contributed by atoms with Gasteiger partial charge in [-0.2, -0.15) is 15.4 Å². The Labute approximate surface area is 144 Å². The Kier molecular flexibility index (Phi) is 4.59. The average Bonchev–Trinajstić information content (AvgIpc) is 3.29. The normalized spacial score (nSPS) is 10.6. The van der Waals surface area contributed by atoms with Gasteiger partial charge in [0, 0.05) is 30.6 Å². The van der Waals surface area contributed by atoms with Crippen molar-refractivity contribution in [3.05, 3.63) is 46.2 Å². The highest BCUT2D eigenvalue weighted by atomic mass is 32.1. The SMILES string of the molecule is CC.Cc1ccc(-c2ccc(-c3ccc(C)s3)c3n[nH]nc23)s1. The van der Waals surface area contributed by atoms with E-state index in [2.05, 4.69) is 65.7 Å².